The van der Waals surface area contributed by atoms with Gasteiger partial charge in [-0.05, 0) is 59.4 Å². The van der Waals surface area contributed by atoms with E-state index in [2.05, 4.69) is 47.6 Å². The fourth-order valence-corrected chi connectivity index (χ4v) is 4.43. The van der Waals surface area contributed by atoms with E-state index < -0.39 is 17.4 Å². The van der Waals surface area contributed by atoms with Gasteiger partial charge in [-0.1, -0.05) is 57.2 Å². The number of rotatable bonds is 6. The molecule has 2 aromatic carbocycles. The van der Waals surface area contributed by atoms with Gasteiger partial charge >= 0.3 is 6.09 Å². The Labute approximate surface area is 186 Å². The molecule has 0 aliphatic carbocycles. The van der Waals surface area contributed by atoms with Crippen molar-refractivity contribution in [2.45, 2.75) is 45.4 Å². The summed E-state index contributed by atoms with van der Waals surface area (Å²) in [6, 6.07) is 16.1. The quantitative estimate of drug-likeness (QED) is 0.541. The largest absolute Gasteiger partial charge is 0.419 e. The number of cyclic esters (lactones) is 1. The zero-order valence-electron chi connectivity index (χ0n) is 18.5. The molecule has 32 heavy (non-hydrogen) atoms. The van der Waals surface area contributed by atoms with Crippen LogP contribution in [0.5, 0.6) is 0 Å². The van der Waals surface area contributed by atoms with Gasteiger partial charge in [-0.2, -0.15) is 0 Å². The Morgan fingerprint density at radius 2 is 1.75 bits per heavy atom. The third-order valence-corrected chi connectivity index (χ3v) is 6.42. The Morgan fingerprint density at radius 3 is 2.38 bits per heavy atom. The van der Waals surface area contributed by atoms with Crippen LogP contribution < -0.4 is 10.9 Å². The van der Waals surface area contributed by atoms with Crippen molar-refractivity contribution in [2.24, 2.45) is 0 Å². The van der Waals surface area contributed by atoms with E-state index in [-0.39, 0.29) is 11.3 Å². The highest BCUT2D eigenvalue weighted by Gasteiger charge is 2.35. The zero-order valence-corrected chi connectivity index (χ0v) is 18.5. The number of carbonyl (C=O) groups is 2. The van der Waals surface area contributed by atoms with E-state index in [0.717, 1.165) is 17.7 Å². The number of imide groups is 1. The van der Waals surface area contributed by atoms with Crippen molar-refractivity contribution in [3.8, 4) is 11.3 Å². The minimum atomic E-state index is -0.797. The summed E-state index contributed by atoms with van der Waals surface area (Å²) < 4.78 is 5.00. The van der Waals surface area contributed by atoms with Crippen LogP contribution in [0.1, 0.15) is 44.7 Å². The van der Waals surface area contributed by atoms with Crippen LogP contribution in [0.3, 0.4) is 0 Å². The van der Waals surface area contributed by atoms with E-state index in [0.29, 0.717) is 18.4 Å². The van der Waals surface area contributed by atoms with Crippen LogP contribution in [0.4, 0.5) is 4.79 Å². The number of carbonyl (C=O) groups excluding carboxylic acids is 2. The molecular weight excluding hydrogens is 404 g/mol. The molecular formula is C26H26N2O4. The summed E-state index contributed by atoms with van der Waals surface area (Å²) in [6.45, 7) is 6.01. The fourth-order valence-electron chi connectivity index (χ4n) is 4.43. The van der Waals surface area contributed by atoms with Crippen LogP contribution in [0.25, 0.3) is 22.0 Å². The third kappa shape index (κ3) is 3.73. The molecule has 164 valence electrons. The lowest BCUT2D eigenvalue weighted by atomic mass is 9.75. The summed E-state index contributed by atoms with van der Waals surface area (Å²) in [6.07, 6.45) is 2.86. The molecule has 6 nitrogen and oxygen atoms in total. The summed E-state index contributed by atoms with van der Waals surface area (Å²) >= 11 is 0. The molecule has 2 heterocycles. The first-order valence-corrected chi connectivity index (χ1v) is 10.9. The third-order valence-electron chi connectivity index (χ3n) is 6.42. The van der Waals surface area contributed by atoms with E-state index in [1.54, 1.807) is 6.08 Å². The number of hydrogen-bond donors (Lipinski definition) is 2. The van der Waals surface area contributed by atoms with Crippen LogP contribution in [0, 0.1) is 0 Å². The van der Waals surface area contributed by atoms with Crippen molar-refractivity contribution in [3.05, 3.63) is 81.8 Å². The number of aromatic nitrogens is 1. The number of hydrogen-bond acceptors (Lipinski definition) is 4. The Morgan fingerprint density at radius 1 is 0.969 bits per heavy atom. The van der Waals surface area contributed by atoms with Gasteiger partial charge in [0.05, 0.1) is 0 Å². The van der Waals surface area contributed by atoms with Gasteiger partial charge in [0.1, 0.15) is 0 Å². The molecule has 1 aromatic heterocycles. The van der Waals surface area contributed by atoms with E-state index in [9.17, 15) is 14.4 Å². The fraction of sp³-hybridized carbons (Fsp3) is 0.269. The maximum absolute atomic E-state index is 13.2. The predicted molar refractivity (Wildman–Crippen MR) is 124 cm³/mol. The summed E-state index contributed by atoms with van der Waals surface area (Å²) in [4.78, 5) is 39.6. The molecule has 3 aromatic rings. The highest BCUT2D eigenvalue weighted by Crippen LogP contribution is 2.34. The van der Waals surface area contributed by atoms with Crippen molar-refractivity contribution in [1.82, 2.24) is 10.3 Å². The number of benzene rings is 2. The van der Waals surface area contributed by atoms with Crippen LogP contribution in [-0.2, 0) is 21.4 Å². The molecule has 4 rings (SSSR count). The van der Waals surface area contributed by atoms with Gasteiger partial charge < -0.3 is 9.72 Å². The number of ether oxygens (including phenoxy) is 1. The van der Waals surface area contributed by atoms with E-state index in [4.69, 9.17) is 4.74 Å². The number of fused-ring (bicyclic) bond motifs is 1. The lowest BCUT2D eigenvalue weighted by Crippen LogP contribution is -2.31. The standard InChI is InChI=1S/C26H26N2O4/c1-4-16-8-7-9-17-10-11-18(14-19(16)17)21-13-12-20(23(29)27-21)26(5-2,6-3)15-22-24(30)28-25(31)32-22/h7-15H,4-6H2,1-3H3,(H,27,29)(H,28,30,31)/b22-15+. The number of aryl methyl sites for hydroxylation is 1. The second kappa shape index (κ2) is 8.46. The van der Waals surface area contributed by atoms with Gasteiger partial charge in [-0.25, -0.2) is 4.79 Å². The number of pyridine rings is 1. The second-order valence-electron chi connectivity index (χ2n) is 8.04. The van der Waals surface area contributed by atoms with Gasteiger partial charge in [-0.3, -0.25) is 14.9 Å². The van der Waals surface area contributed by atoms with Crippen LogP contribution >= 0.6 is 0 Å². The Balaban J connectivity index is 1.78. The van der Waals surface area contributed by atoms with E-state index in [1.165, 1.54) is 16.3 Å². The first kappa shape index (κ1) is 21.6. The average Bonchev–Trinajstić information content (AvgIpc) is 3.13. The van der Waals surface area contributed by atoms with Gasteiger partial charge in [0, 0.05) is 16.7 Å². The molecule has 0 saturated carbocycles. The lowest BCUT2D eigenvalue weighted by molar-refractivity contribution is -0.116. The predicted octanol–water partition coefficient (Wildman–Crippen LogP) is 4.97. The molecule has 1 aliphatic rings. The number of alkyl carbamates (subject to hydrolysis) is 1. The minimum absolute atomic E-state index is 0.0659. The van der Waals surface area contributed by atoms with Crippen molar-refractivity contribution < 1.29 is 14.3 Å². The summed E-state index contributed by atoms with van der Waals surface area (Å²) in [7, 11) is 0. The molecule has 6 heteroatoms. The van der Waals surface area contributed by atoms with Crippen molar-refractivity contribution >= 4 is 22.8 Å². The molecule has 1 saturated heterocycles. The van der Waals surface area contributed by atoms with Crippen LogP contribution in [0.2, 0.25) is 0 Å². The zero-order chi connectivity index (χ0) is 22.9. The minimum Gasteiger partial charge on any atom is -0.404 e. The first-order chi connectivity index (χ1) is 15.4. The number of allylic oxidation sites excluding steroid dienone is 1. The molecule has 0 radical (unpaired) electrons. The van der Waals surface area contributed by atoms with Crippen LogP contribution in [-0.4, -0.2) is 17.0 Å². The lowest BCUT2D eigenvalue weighted by Gasteiger charge is -2.28. The SMILES string of the molecule is CCc1cccc2ccc(-c3ccc(C(/C=C4/OC(=O)NC4=O)(CC)CC)c(=O)[nH]3)cc12. The average molecular weight is 431 g/mol. The van der Waals surface area contributed by atoms with Gasteiger partial charge in [0.2, 0.25) is 0 Å². The van der Waals surface area contributed by atoms with Gasteiger partial charge in [0.15, 0.2) is 5.76 Å². The highest BCUT2D eigenvalue weighted by molar-refractivity contribution is 6.07. The molecule has 0 spiro atoms. The van der Waals surface area contributed by atoms with Gasteiger partial charge in [-0.15, -0.1) is 0 Å². The monoisotopic (exact) mass is 430 g/mol. The number of nitrogens with one attached hydrogen (secondary N) is 2. The Hall–Kier alpha value is -3.67. The smallest absolute Gasteiger partial charge is 0.404 e. The van der Waals surface area contributed by atoms with Crippen molar-refractivity contribution in [1.29, 1.82) is 0 Å². The summed E-state index contributed by atoms with van der Waals surface area (Å²) in [5.74, 6) is -0.652. The summed E-state index contributed by atoms with van der Waals surface area (Å²) in [5.41, 5.74) is 2.49. The van der Waals surface area contributed by atoms with E-state index in [1.807, 2.05) is 32.0 Å². The number of amides is 2. The maximum Gasteiger partial charge on any atom is 0.419 e. The molecule has 0 bridgehead atoms. The molecule has 0 atom stereocenters. The molecule has 2 amide bonds. The molecule has 1 fully saturated rings. The molecule has 2 N–H and O–H groups in total. The molecule has 1 aliphatic heterocycles. The van der Waals surface area contributed by atoms with E-state index >= 15 is 0 Å². The maximum atomic E-state index is 13.2. The Bertz CT molecular complexity index is 1300. The van der Waals surface area contributed by atoms with Crippen LogP contribution in [0.15, 0.2) is 65.2 Å². The normalized spacial score (nSPS) is 15.3. The number of H-pyrrole nitrogens is 1. The van der Waals surface area contributed by atoms with Crippen molar-refractivity contribution in [2.75, 3.05) is 0 Å². The second-order valence-corrected chi connectivity index (χ2v) is 8.04. The summed E-state index contributed by atoms with van der Waals surface area (Å²) in [5, 5.41) is 4.44. The molecule has 0 unspecified atom stereocenters. The first-order valence-electron chi connectivity index (χ1n) is 10.9. The topological polar surface area (TPSA) is 88.3 Å². The number of aromatic amines is 1. The Kier molecular flexibility index (Phi) is 5.70. The van der Waals surface area contributed by atoms with Crippen molar-refractivity contribution in [3.63, 3.8) is 0 Å². The highest BCUT2D eigenvalue weighted by atomic mass is 16.6. The van der Waals surface area contributed by atoms with Gasteiger partial charge in [0.25, 0.3) is 11.5 Å².